The molecule has 4 rings (SSSR count). The average Bonchev–Trinajstić information content (AvgIpc) is 2.95. The number of phenols is 1. The van der Waals surface area contributed by atoms with Crippen molar-refractivity contribution in [1.82, 2.24) is 9.80 Å². The number of carbonyl (C=O) groups is 1. The predicted octanol–water partition coefficient (Wildman–Crippen LogP) is 3.30. The first-order chi connectivity index (χ1) is 13.9. The summed E-state index contributed by atoms with van der Waals surface area (Å²) < 4.78 is 5.93. The van der Waals surface area contributed by atoms with Crippen LogP contribution in [0.5, 0.6) is 5.75 Å². The van der Waals surface area contributed by atoms with E-state index in [4.69, 9.17) is 4.42 Å². The topological polar surface area (TPSA) is 74.0 Å². The van der Waals surface area contributed by atoms with Crippen LogP contribution < -0.4 is 5.43 Å². The molecular formula is C23H24N2O4. The summed E-state index contributed by atoms with van der Waals surface area (Å²) in [6, 6.07) is 11.5. The summed E-state index contributed by atoms with van der Waals surface area (Å²) in [5, 5.41) is 10.2. The molecule has 1 aliphatic rings. The van der Waals surface area contributed by atoms with E-state index < -0.39 is 6.04 Å². The third kappa shape index (κ3) is 3.40. The molecule has 0 bridgehead atoms. The number of benzene rings is 2. The quantitative estimate of drug-likeness (QED) is 0.721. The number of carbonyl (C=O) groups excluding carboxylic acids is 1. The van der Waals surface area contributed by atoms with Gasteiger partial charge in [-0.1, -0.05) is 23.8 Å². The Labute approximate surface area is 169 Å². The Morgan fingerprint density at radius 1 is 1.10 bits per heavy atom. The first-order valence-corrected chi connectivity index (χ1v) is 9.69. The highest BCUT2D eigenvalue weighted by Crippen LogP contribution is 2.38. The molecule has 2 aromatic carbocycles. The molecule has 0 saturated carbocycles. The van der Waals surface area contributed by atoms with E-state index in [1.54, 1.807) is 41.3 Å². The fourth-order valence-electron chi connectivity index (χ4n) is 3.93. The van der Waals surface area contributed by atoms with Gasteiger partial charge in [0.1, 0.15) is 11.3 Å². The van der Waals surface area contributed by atoms with E-state index in [0.29, 0.717) is 23.1 Å². The molecule has 29 heavy (non-hydrogen) atoms. The Kier molecular flexibility index (Phi) is 4.88. The predicted molar refractivity (Wildman–Crippen MR) is 111 cm³/mol. The minimum atomic E-state index is -0.526. The molecule has 0 radical (unpaired) electrons. The van der Waals surface area contributed by atoms with Gasteiger partial charge in [-0.3, -0.25) is 9.59 Å². The van der Waals surface area contributed by atoms with Crippen LogP contribution in [0, 0.1) is 6.92 Å². The van der Waals surface area contributed by atoms with Crippen molar-refractivity contribution in [2.45, 2.75) is 19.4 Å². The van der Waals surface area contributed by atoms with Crippen molar-refractivity contribution >= 4 is 16.9 Å². The lowest BCUT2D eigenvalue weighted by Crippen LogP contribution is -2.32. The maximum atomic E-state index is 13.4. The van der Waals surface area contributed by atoms with Gasteiger partial charge in [0.15, 0.2) is 5.43 Å². The monoisotopic (exact) mass is 392 g/mol. The Morgan fingerprint density at radius 2 is 1.83 bits per heavy atom. The summed E-state index contributed by atoms with van der Waals surface area (Å²) in [5.41, 5.74) is 2.36. The van der Waals surface area contributed by atoms with Crippen LogP contribution in [0.2, 0.25) is 0 Å². The lowest BCUT2D eigenvalue weighted by atomic mass is 9.98. The van der Waals surface area contributed by atoms with Crippen LogP contribution in [0.3, 0.4) is 0 Å². The maximum Gasteiger partial charge on any atom is 0.290 e. The lowest BCUT2D eigenvalue weighted by Gasteiger charge is -2.25. The largest absolute Gasteiger partial charge is 0.508 e. The van der Waals surface area contributed by atoms with Gasteiger partial charge < -0.3 is 19.3 Å². The van der Waals surface area contributed by atoms with Crippen LogP contribution in [0.25, 0.3) is 11.0 Å². The van der Waals surface area contributed by atoms with Crippen LogP contribution in [0.4, 0.5) is 0 Å². The number of hydrogen-bond acceptors (Lipinski definition) is 5. The summed E-state index contributed by atoms with van der Waals surface area (Å²) in [4.78, 5) is 30.4. The van der Waals surface area contributed by atoms with E-state index in [2.05, 4.69) is 4.90 Å². The molecule has 150 valence electrons. The third-order valence-corrected chi connectivity index (χ3v) is 5.33. The molecule has 3 aromatic rings. The standard InChI is InChI=1S/C23H24N2O4/c1-14-5-10-18-17(13-14)21(27)19-20(15-6-8-16(26)9-7-15)25(12-4-11-24(2)3)23(28)22(19)29-18/h5-10,13,20,26H,4,11-12H2,1-3H3/t20-/m1/s1. The molecular weight excluding hydrogens is 368 g/mol. The number of fused-ring (bicyclic) bond motifs is 2. The molecule has 0 spiro atoms. The van der Waals surface area contributed by atoms with E-state index in [9.17, 15) is 14.7 Å². The molecule has 2 heterocycles. The fraction of sp³-hybridized carbons (Fsp3) is 0.304. The van der Waals surface area contributed by atoms with Crippen molar-refractivity contribution < 1.29 is 14.3 Å². The minimum Gasteiger partial charge on any atom is -0.508 e. The van der Waals surface area contributed by atoms with Gasteiger partial charge in [-0.25, -0.2) is 0 Å². The van der Waals surface area contributed by atoms with E-state index >= 15 is 0 Å². The van der Waals surface area contributed by atoms with Crippen molar-refractivity contribution in [3.63, 3.8) is 0 Å². The van der Waals surface area contributed by atoms with Crippen LogP contribution in [-0.4, -0.2) is 48.0 Å². The molecule has 1 N–H and O–H groups in total. The fourth-order valence-corrected chi connectivity index (χ4v) is 3.93. The van der Waals surface area contributed by atoms with Crippen molar-refractivity contribution in [2.24, 2.45) is 0 Å². The molecule has 1 amide bonds. The number of hydrogen-bond donors (Lipinski definition) is 1. The smallest absolute Gasteiger partial charge is 0.290 e. The number of rotatable bonds is 5. The molecule has 0 saturated heterocycles. The van der Waals surface area contributed by atoms with Gasteiger partial charge in [-0.05, 0) is 63.8 Å². The number of amides is 1. The second-order valence-corrected chi connectivity index (χ2v) is 7.82. The Morgan fingerprint density at radius 3 is 2.52 bits per heavy atom. The molecule has 1 aromatic heterocycles. The van der Waals surface area contributed by atoms with Crippen molar-refractivity contribution in [2.75, 3.05) is 27.2 Å². The molecule has 6 nitrogen and oxygen atoms in total. The van der Waals surface area contributed by atoms with E-state index in [1.165, 1.54) is 0 Å². The molecule has 1 atom stereocenters. The van der Waals surface area contributed by atoms with Gasteiger partial charge in [-0.2, -0.15) is 0 Å². The summed E-state index contributed by atoms with van der Waals surface area (Å²) in [6.45, 7) is 3.24. The van der Waals surface area contributed by atoms with Crippen molar-refractivity contribution in [3.05, 3.63) is 75.1 Å². The van der Waals surface area contributed by atoms with Gasteiger partial charge >= 0.3 is 0 Å². The second kappa shape index (κ2) is 7.37. The van der Waals surface area contributed by atoms with Gasteiger partial charge in [0.05, 0.1) is 17.0 Å². The number of phenolic OH excluding ortho intramolecular Hbond substituents is 1. The number of nitrogens with zero attached hydrogens (tertiary/aromatic N) is 2. The van der Waals surface area contributed by atoms with Gasteiger partial charge in [0.2, 0.25) is 5.76 Å². The Balaban J connectivity index is 1.88. The van der Waals surface area contributed by atoms with E-state index in [-0.39, 0.29) is 22.8 Å². The van der Waals surface area contributed by atoms with Crippen molar-refractivity contribution in [3.8, 4) is 5.75 Å². The number of aromatic hydroxyl groups is 1. The Hall–Kier alpha value is -3.12. The normalized spacial score (nSPS) is 16.1. The summed E-state index contributed by atoms with van der Waals surface area (Å²) >= 11 is 0. The zero-order chi connectivity index (χ0) is 20.7. The van der Waals surface area contributed by atoms with Gasteiger partial charge in [-0.15, -0.1) is 0 Å². The van der Waals surface area contributed by atoms with Gasteiger partial charge in [0, 0.05) is 6.54 Å². The highest BCUT2D eigenvalue weighted by molar-refractivity contribution is 5.99. The molecule has 1 aliphatic heterocycles. The first kappa shape index (κ1) is 19.2. The zero-order valence-electron chi connectivity index (χ0n) is 16.8. The number of aryl methyl sites for hydroxylation is 1. The van der Waals surface area contributed by atoms with E-state index in [1.807, 2.05) is 27.1 Å². The third-order valence-electron chi connectivity index (χ3n) is 5.33. The Bertz CT molecular complexity index is 1130. The molecule has 0 aliphatic carbocycles. The van der Waals surface area contributed by atoms with Crippen LogP contribution in [0.1, 0.15) is 39.7 Å². The average molecular weight is 392 g/mol. The van der Waals surface area contributed by atoms with E-state index in [0.717, 1.165) is 24.1 Å². The first-order valence-electron chi connectivity index (χ1n) is 9.69. The lowest BCUT2D eigenvalue weighted by molar-refractivity contribution is 0.0722. The SMILES string of the molecule is Cc1ccc2oc3c(c(=O)c2c1)[C@@H](c1ccc(O)cc1)N(CCCN(C)C)C3=O. The molecule has 0 fully saturated rings. The van der Waals surface area contributed by atoms with Crippen LogP contribution in [0.15, 0.2) is 51.7 Å². The molecule has 0 unspecified atom stereocenters. The molecule has 6 heteroatoms. The minimum absolute atomic E-state index is 0.120. The highest BCUT2D eigenvalue weighted by Gasteiger charge is 2.42. The highest BCUT2D eigenvalue weighted by atomic mass is 16.3. The van der Waals surface area contributed by atoms with Crippen LogP contribution in [-0.2, 0) is 0 Å². The zero-order valence-corrected chi connectivity index (χ0v) is 16.8. The summed E-state index contributed by atoms with van der Waals surface area (Å²) in [7, 11) is 3.97. The summed E-state index contributed by atoms with van der Waals surface area (Å²) in [5.74, 6) is -0.00990. The van der Waals surface area contributed by atoms with Crippen molar-refractivity contribution in [1.29, 1.82) is 0 Å². The maximum absolute atomic E-state index is 13.4. The van der Waals surface area contributed by atoms with Crippen LogP contribution >= 0.6 is 0 Å². The summed E-state index contributed by atoms with van der Waals surface area (Å²) in [6.07, 6.45) is 0.772. The second-order valence-electron chi connectivity index (χ2n) is 7.82. The van der Waals surface area contributed by atoms with Gasteiger partial charge in [0.25, 0.3) is 5.91 Å².